The van der Waals surface area contributed by atoms with E-state index in [9.17, 15) is 21.0 Å². The van der Waals surface area contributed by atoms with E-state index in [2.05, 4.69) is 40.8 Å². The molecule has 0 saturated carbocycles. The lowest BCUT2D eigenvalue weighted by Gasteiger charge is -2.14. The maximum Gasteiger partial charge on any atom is 0.147 e. The Balaban J connectivity index is 1.87. The van der Waals surface area contributed by atoms with Gasteiger partial charge in [0, 0.05) is 21.5 Å². The summed E-state index contributed by atoms with van der Waals surface area (Å²) in [6.07, 6.45) is 0. The molecule has 6 heteroatoms. The zero-order valence-electron chi connectivity index (χ0n) is 19.1. The number of para-hydroxylation sites is 2. The molecule has 0 N–H and O–H groups in total. The third-order valence-electron chi connectivity index (χ3n) is 7.12. The van der Waals surface area contributed by atoms with Crippen LogP contribution in [0, 0.1) is 45.3 Å². The molecule has 0 atom stereocenters. The third-order valence-corrected chi connectivity index (χ3v) is 7.12. The van der Waals surface area contributed by atoms with Crippen molar-refractivity contribution in [3.8, 4) is 24.3 Å². The van der Waals surface area contributed by atoms with E-state index in [1.165, 1.54) is 0 Å². The fourth-order valence-corrected chi connectivity index (χ4v) is 5.55. The molecule has 37 heavy (non-hydrogen) atoms. The molecule has 0 radical (unpaired) electrons. The number of imidazole rings is 1. The lowest BCUT2D eigenvalue weighted by Crippen LogP contribution is -1.99. The van der Waals surface area contributed by atoms with Crippen LogP contribution in [-0.4, -0.2) is 9.38 Å². The van der Waals surface area contributed by atoms with Gasteiger partial charge in [0.25, 0.3) is 0 Å². The van der Waals surface area contributed by atoms with Crippen LogP contribution in [0.1, 0.15) is 22.3 Å². The van der Waals surface area contributed by atoms with Crippen molar-refractivity contribution in [2.75, 3.05) is 0 Å². The molecule has 7 aromatic rings. The molecule has 2 aromatic heterocycles. The molecule has 0 aliphatic heterocycles. The summed E-state index contributed by atoms with van der Waals surface area (Å²) in [4.78, 5) is 5.01. The van der Waals surface area contributed by atoms with Crippen LogP contribution in [0.15, 0.2) is 72.8 Å². The van der Waals surface area contributed by atoms with Crippen LogP contribution < -0.4 is 0 Å². The van der Waals surface area contributed by atoms with Gasteiger partial charge in [0.05, 0.1) is 38.8 Å². The molecule has 5 aromatic carbocycles. The van der Waals surface area contributed by atoms with Gasteiger partial charge < -0.3 is 0 Å². The van der Waals surface area contributed by atoms with E-state index >= 15 is 0 Å². The zero-order valence-corrected chi connectivity index (χ0v) is 19.1. The standard InChI is InChI=1S/C31H12N6/c32-13-23-20-11-22-19-10-9-17-5-1-2-6-18(17)30(19)31-36-27-7-3-4-8-28(27)37(31)29(22)12-21(20)24(14-33)26(16-35)25(23)15-34/h1-12H. The van der Waals surface area contributed by atoms with Crippen LogP contribution in [0.2, 0.25) is 0 Å². The highest BCUT2D eigenvalue weighted by Gasteiger charge is 2.22. The maximum absolute atomic E-state index is 10.0. The summed E-state index contributed by atoms with van der Waals surface area (Å²) in [5.41, 5.74) is 3.36. The number of benzene rings is 5. The van der Waals surface area contributed by atoms with Crippen molar-refractivity contribution in [2.24, 2.45) is 0 Å². The van der Waals surface area contributed by atoms with Crippen molar-refractivity contribution in [3.05, 3.63) is 95.1 Å². The lowest BCUT2D eigenvalue weighted by molar-refractivity contribution is 1.32. The first-order valence-electron chi connectivity index (χ1n) is 11.5. The van der Waals surface area contributed by atoms with Gasteiger partial charge in [-0.15, -0.1) is 0 Å². The minimum Gasteiger partial charge on any atom is -0.292 e. The summed E-state index contributed by atoms with van der Waals surface area (Å²) in [6.45, 7) is 0. The fourth-order valence-electron chi connectivity index (χ4n) is 5.55. The van der Waals surface area contributed by atoms with Gasteiger partial charge in [-0.05, 0) is 40.4 Å². The van der Waals surface area contributed by atoms with E-state index in [4.69, 9.17) is 4.98 Å². The van der Waals surface area contributed by atoms with Crippen molar-refractivity contribution in [2.45, 2.75) is 0 Å². The monoisotopic (exact) mass is 468 g/mol. The highest BCUT2D eigenvalue weighted by atomic mass is 15.0. The molecular formula is C31H12N6. The quantitative estimate of drug-likeness (QED) is 0.184. The van der Waals surface area contributed by atoms with Gasteiger partial charge in [-0.2, -0.15) is 21.0 Å². The van der Waals surface area contributed by atoms with Gasteiger partial charge in [0.15, 0.2) is 0 Å². The Morgan fingerprint density at radius 3 is 1.92 bits per heavy atom. The van der Waals surface area contributed by atoms with Gasteiger partial charge in [-0.1, -0.05) is 48.5 Å². The van der Waals surface area contributed by atoms with Crippen LogP contribution >= 0.6 is 0 Å². The first-order valence-corrected chi connectivity index (χ1v) is 11.5. The summed E-state index contributed by atoms with van der Waals surface area (Å²) in [7, 11) is 0. The molecule has 6 nitrogen and oxygen atoms in total. The molecule has 0 bridgehead atoms. The molecule has 0 fully saturated rings. The topological polar surface area (TPSA) is 112 Å². The maximum atomic E-state index is 10.0. The van der Waals surface area contributed by atoms with Gasteiger partial charge in [0.1, 0.15) is 29.9 Å². The lowest BCUT2D eigenvalue weighted by atomic mass is 9.89. The highest BCUT2D eigenvalue weighted by molar-refractivity contribution is 6.25. The first-order chi connectivity index (χ1) is 18.2. The number of aromatic nitrogens is 2. The molecule has 0 spiro atoms. The number of rotatable bonds is 0. The normalized spacial score (nSPS) is 11.1. The molecule has 0 amide bonds. The predicted molar refractivity (Wildman–Crippen MR) is 142 cm³/mol. The third kappa shape index (κ3) is 2.51. The average Bonchev–Trinajstić information content (AvgIpc) is 3.34. The van der Waals surface area contributed by atoms with E-state index < -0.39 is 0 Å². The number of hydrogen-bond acceptors (Lipinski definition) is 5. The van der Waals surface area contributed by atoms with Gasteiger partial charge >= 0.3 is 0 Å². The van der Waals surface area contributed by atoms with Crippen molar-refractivity contribution in [3.63, 3.8) is 0 Å². The molecular weight excluding hydrogens is 456 g/mol. The molecule has 0 saturated heterocycles. The van der Waals surface area contributed by atoms with E-state index in [1.807, 2.05) is 60.7 Å². The Bertz CT molecular complexity index is 2350. The predicted octanol–water partition coefficient (Wildman–Crippen LogP) is 6.59. The van der Waals surface area contributed by atoms with Crippen LogP contribution in [0.4, 0.5) is 0 Å². The number of nitriles is 4. The number of hydrogen-bond donors (Lipinski definition) is 0. The molecule has 0 unspecified atom stereocenters. The van der Waals surface area contributed by atoms with E-state index in [1.54, 1.807) is 0 Å². The number of pyridine rings is 1. The molecule has 0 aliphatic carbocycles. The SMILES string of the molecule is N#Cc1c(C#N)c(C#N)c2cc3c(cc2c1C#N)c1ccc2ccccc2c1c1nc2ccccc2n31. The van der Waals surface area contributed by atoms with Crippen molar-refractivity contribution in [1.82, 2.24) is 9.38 Å². The van der Waals surface area contributed by atoms with Crippen LogP contribution in [0.3, 0.4) is 0 Å². The number of nitrogens with zero attached hydrogens (tertiary/aromatic N) is 6. The van der Waals surface area contributed by atoms with Gasteiger partial charge in [0.2, 0.25) is 0 Å². The molecule has 0 aliphatic rings. The molecule has 166 valence electrons. The Morgan fingerprint density at radius 1 is 0.541 bits per heavy atom. The van der Waals surface area contributed by atoms with Gasteiger partial charge in [-0.3, -0.25) is 4.40 Å². The largest absolute Gasteiger partial charge is 0.292 e. The highest BCUT2D eigenvalue weighted by Crippen LogP contribution is 2.40. The molecule has 2 heterocycles. The van der Waals surface area contributed by atoms with E-state index in [0.29, 0.717) is 10.8 Å². The summed E-state index contributed by atoms with van der Waals surface area (Å²) in [5.74, 6) is 0. The summed E-state index contributed by atoms with van der Waals surface area (Å²) < 4.78 is 2.08. The van der Waals surface area contributed by atoms with Gasteiger partial charge in [-0.25, -0.2) is 4.98 Å². The average molecular weight is 468 g/mol. The first kappa shape index (κ1) is 20.4. The van der Waals surface area contributed by atoms with Crippen molar-refractivity contribution >= 4 is 59.9 Å². The second-order valence-corrected chi connectivity index (χ2v) is 8.83. The minimum absolute atomic E-state index is 0.0719. The van der Waals surface area contributed by atoms with Crippen molar-refractivity contribution < 1.29 is 0 Å². The number of fused-ring (bicyclic) bond motifs is 11. The summed E-state index contributed by atoms with van der Waals surface area (Å²) in [6, 6.07) is 32.0. The Labute approximate surface area is 209 Å². The fraction of sp³-hybridized carbons (Fsp3) is 0. The Kier molecular flexibility index (Phi) is 4.01. The molecule has 7 rings (SSSR count). The summed E-state index contributed by atoms with van der Waals surface area (Å²) in [5, 5.41) is 45.5. The smallest absolute Gasteiger partial charge is 0.147 e. The minimum atomic E-state index is -0.0769. The van der Waals surface area contributed by atoms with Crippen LogP contribution in [0.25, 0.3) is 59.9 Å². The van der Waals surface area contributed by atoms with Crippen molar-refractivity contribution in [1.29, 1.82) is 21.0 Å². The van der Waals surface area contributed by atoms with Crippen LogP contribution in [-0.2, 0) is 0 Å². The van der Waals surface area contributed by atoms with Crippen LogP contribution in [0.5, 0.6) is 0 Å². The van der Waals surface area contributed by atoms with E-state index in [0.717, 1.165) is 49.1 Å². The zero-order chi connectivity index (χ0) is 25.3. The second kappa shape index (κ2) is 7.27. The summed E-state index contributed by atoms with van der Waals surface area (Å²) >= 11 is 0. The Morgan fingerprint density at radius 2 is 1.19 bits per heavy atom. The van der Waals surface area contributed by atoms with E-state index in [-0.39, 0.29) is 22.3 Å². The second-order valence-electron chi connectivity index (χ2n) is 8.83. The Hall–Kier alpha value is -5.95.